The minimum absolute atomic E-state index is 0.0764. The van der Waals surface area contributed by atoms with Gasteiger partial charge in [-0.2, -0.15) is 5.06 Å². The molecule has 5 aliphatic heterocycles. The minimum atomic E-state index is -0.879. The van der Waals surface area contributed by atoms with Crippen LogP contribution in [0.5, 0.6) is 0 Å². The van der Waals surface area contributed by atoms with E-state index in [1.165, 1.54) is 69.0 Å². The molecule has 0 aliphatic carbocycles. The van der Waals surface area contributed by atoms with Gasteiger partial charge in [0.2, 0.25) is 23.6 Å². The summed E-state index contributed by atoms with van der Waals surface area (Å²) in [4.78, 5) is 135. The standard InChI is InChI=1S/2C16H12N2OS.C9H18N2O.C8H15NO.2C7H11NO2.C7H6O2.C6H11NO2.C6H15N.4C2H6.BH2OP.I3/c2*19-15(13-9-5-2-6-10-13)18-16-17-14(11-20-16)12-7-3-1-4-8-12;1-8(12)11-6-4-9(5-7-11)10(2)3;1-7-3-5-9(6-4-7)8(2)10;2*1-6(9)8-4-2-7(10)3-5-8;8-7(9)6-4-2-1-3-5-6;1-9-7-4-2-6(8)3-5-7;1-4-7(5-2)6-3;4*1-2;2-1-3;1-3-2/h2*1-11H,(H,17,18,19);9H,4-7H2,1-3H3;7H,3-6H2,1-2H3;2*2-5H2,1H3;1-5H,(H,8,9);2-5H2,1H3;4-6H2,1-3H3;4*1-2H3;3H2;/q;;;;;;;;;;;;;;-1. The molecule has 2 aromatic heterocycles. The minimum Gasteiger partial charge on any atom is -0.478 e. The summed E-state index contributed by atoms with van der Waals surface area (Å²) < 4.78 is 8.77. The van der Waals surface area contributed by atoms with Gasteiger partial charge in [0.05, 0.1) is 24.1 Å². The molecule has 0 saturated carbocycles. The average molecular weight is 2070 g/mol. The van der Waals surface area contributed by atoms with Crippen LogP contribution >= 0.6 is 69.0 Å². The Bertz CT molecular complexity index is 3690. The number of amides is 6. The first-order chi connectivity index (χ1) is 58.2. The fourth-order valence-corrected chi connectivity index (χ4v) is 12.4. The van der Waals surface area contributed by atoms with E-state index in [0.29, 0.717) is 124 Å². The number of benzene rings is 5. The first kappa shape index (κ1) is 118. The molecule has 0 spiro atoms. The summed E-state index contributed by atoms with van der Waals surface area (Å²) in [6.45, 7) is 43.2. The van der Waals surface area contributed by atoms with Gasteiger partial charge in [0.15, 0.2) is 10.3 Å². The number of thiazole rings is 2. The number of hydrogen-bond acceptors (Lipinski definition) is 19. The Balaban J connectivity index is -0.00000129. The SMILES string of the molecule is CC.CC.CC.CC.CC(=O)N1CCC(=O)CC1.CC(=O)N1CCC(=O)CC1.CC(=O)N1CCC(C)CC1.CC(=O)N1CCC(N(C)C)CC1.CCN(CC)CC.CON1CCC(=O)CC1.I[I-]I.O=BP.O=C(Nc1nc(-c2ccccc2)cs1)c1ccccc1.O=C(Nc1nc(-c2ccccc2)cs1)c1ccccc1.O=C(O)c1ccccc1. The van der Waals surface area contributed by atoms with Crippen LogP contribution in [0.3, 0.4) is 0 Å². The Morgan fingerprint density at radius 3 is 0.975 bits per heavy atom. The molecule has 6 amide bonds. The zero-order valence-electron chi connectivity index (χ0n) is 75.0. The van der Waals surface area contributed by atoms with Crippen LogP contribution in [0.25, 0.3) is 22.5 Å². The van der Waals surface area contributed by atoms with Gasteiger partial charge in [0.1, 0.15) is 17.3 Å². The predicted octanol–water partition coefficient (Wildman–Crippen LogP) is 16.0. The van der Waals surface area contributed by atoms with Crippen molar-refractivity contribution in [2.75, 3.05) is 117 Å². The number of halogens is 3. The zero-order valence-corrected chi connectivity index (χ0v) is 84.2. The van der Waals surface area contributed by atoms with E-state index in [-0.39, 0.29) is 47.0 Å². The molecule has 3 N–H and O–H groups in total. The first-order valence-electron chi connectivity index (χ1n) is 41.5. The summed E-state index contributed by atoms with van der Waals surface area (Å²) in [6, 6.07) is 47.0. The van der Waals surface area contributed by atoms with Crippen molar-refractivity contribution in [3.05, 3.63) is 179 Å². The van der Waals surface area contributed by atoms with Gasteiger partial charge in [-0.25, -0.2) is 14.8 Å². The van der Waals surface area contributed by atoms with E-state index in [2.05, 4.69) is 109 Å². The number of carboxylic acid groups (broad SMARTS) is 1. The third-order valence-electron chi connectivity index (χ3n) is 18.0. The van der Waals surface area contributed by atoms with Crippen molar-refractivity contribution in [3.63, 3.8) is 0 Å². The van der Waals surface area contributed by atoms with Crippen molar-refractivity contribution in [3.8, 4) is 22.5 Å². The van der Waals surface area contributed by atoms with Crippen molar-refractivity contribution < 1.29 is 75.8 Å². The van der Waals surface area contributed by atoms with Crippen molar-refractivity contribution in [2.45, 2.75) is 181 Å². The maximum Gasteiger partial charge on any atom is 0.335 e. The number of piperidine rings is 5. The van der Waals surface area contributed by atoms with Gasteiger partial charge in [-0.05, 0) is 102 Å². The van der Waals surface area contributed by atoms with E-state index in [4.69, 9.17) is 14.6 Å². The van der Waals surface area contributed by atoms with Crippen LogP contribution in [0.15, 0.2) is 162 Å². The summed E-state index contributed by atoms with van der Waals surface area (Å²) in [5.74, 6) is 1.16. The van der Waals surface area contributed by atoms with Gasteiger partial charge in [-0.1, -0.05) is 198 Å². The maximum atomic E-state index is 12.0. The molecule has 121 heavy (non-hydrogen) atoms. The van der Waals surface area contributed by atoms with Gasteiger partial charge in [0.25, 0.3) is 11.8 Å². The number of aromatic carboxylic acids is 1. The van der Waals surface area contributed by atoms with Gasteiger partial charge >= 0.3 is 77.1 Å². The van der Waals surface area contributed by atoms with Crippen LogP contribution in [0.1, 0.15) is 206 Å². The average Bonchev–Trinajstić information content (AvgIpc) is 1.67. The molecule has 0 radical (unpaired) electrons. The van der Waals surface area contributed by atoms with E-state index in [1.807, 2.05) is 182 Å². The molecule has 672 valence electrons. The zero-order chi connectivity index (χ0) is 91.9. The Labute approximate surface area is 764 Å². The molecular formula is C90H137BI3N11O13PS2-. The third-order valence-corrected chi connectivity index (χ3v) is 19.5. The molecule has 5 fully saturated rings. The summed E-state index contributed by atoms with van der Waals surface area (Å²) in [5.41, 5.74) is 5.43. The monoisotopic (exact) mass is 2070 g/mol. The van der Waals surface area contributed by atoms with Crippen molar-refractivity contribution in [1.29, 1.82) is 0 Å². The molecule has 5 saturated heterocycles. The summed E-state index contributed by atoms with van der Waals surface area (Å²) in [6.07, 6.45) is 8.05. The summed E-state index contributed by atoms with van der Waals surface area (Å²) in [7, 11) is 7.74. The van der Waals surface area contributed by atoms with Gasteiger partial charge in [-0.3, -0.25) is 53.8 Å². The molecular weight excluding hydrogens is 1930 g/mol. The molecule has 5 aromatic carbocycles. The van der Waals surface area contributed by atoms with Crippen LogP contribution < -0.4 is 23.9 Å². The molecule has 31 heteroatoms. The molecule has 0 bridgehead atoms. The van der Waals surface area contributed by atoms with E-state index >= 15 is 0 Å². The van der Waals surface area contributed by atoms with E-state index in [1.54, 1.807) is 90.4 Å². The molecule has 1 unspecified atom stereocenters. The molecule has 7 aromatic rings. The Hall–Kier alpha value is -7.02. The second kappa shape index (κ2) is 76.6. The van der Waals surface area contributed by atoms with Crippen molar-refractivity contribution >= 4 is 145 Å². The summed E-state index contributed by atoms with van der Waals surface area (Å²) >= 11 is 8.15. The number of Topliss-reactive ketones (excluding diaryl/α,β-unsaturated/α-hetero) is 3. The fourth-order valence-electron chi connectivity index (χ4n) is 11.0. The maximum absolute atomic E-state index is 12.0. The number of rotatable bonds is 12. The quantitative estimate of drug-likeness (QED) is 0.0582. The van der Waals surface area contributed by atoms with Gasteiger partial charge < -0.3 is 39.3 Å². The number of nitrogens with one attached hydrogen (secondary N) is 2. The molecule has 1 atom stereocenters. The summed E-state index contributed by atoms with van der Waals surface area (Å²) in [5, 5.41) is 20.9. The number of carbonyl (C=O) groups excluding carboxylic acids is 9. The van der Waals surface area contributed by atoms with Crippen LogP contribution in [0, 0.1) is 5.92 Å². The Morgan fingerprint density at radius 2 is 0.736 bits per heavy atom. The van der Waals surface area contributed by atoms with E-state index in [0.717, 1.165) is 80.5 Å². The third kappa shape index (κ3) is 56.5. The number of nitrogens with zero attached hydrogens (tertiary/aromatic N) is 9. The molecule has 7 heterocycles. The largest absolute Gasteiger partial charge is 0.478 e. The van der Waals surface area contributed by atoms with Crippen LogP contribution in [-0.4, -0.2) is 227 Å². The van der Waals surface area contributed by atoms with E-state index in [9.17, 15) is 47.9 Å². The first-order valence-corrected chi connectivity index (χ1v) is 56.5. The smallest absolute Gasteiger partial charge is 0.335 e. The molecule has 12 rings (SSSR count). The van der Waals surface area contributed by atoms with Gasteiger partial charge in [-0.15, -0.1) is 22.7 Å². The number of carboxylic acids is 1. The number of likely N-dealkylation sites (tertiary alicyclic amines) is 4. The van der Waals surface area contributed by atoms with Crippen LogP contribution in [-0.2, 0) is 43.1 Å². The number of carbonyl (C=O) groups is 10. The fraction of sp³-hybridized carbons (Fsp3) is 0.489. The number of hydroxylamine groups is 2. The van der Waals surface area contributed by atoms with E-state index < -0.39 is 5.97 Å². The molecule has 5 aliphatic rings. The second-order valence-corrected chi connectivity index (χ2v) is 44.3. The number of ketones is 3. The number of aromatic nitrogens is 2. The predicted molar refractivity (Wildman–Crippen MR) is 516 cm³/mol. The number of hydrogen-bond donors (Lipinski definition) is 3. The molecule has 24 nitrogen and oxygen atoms in total. The van der Waals surface area contributed by atoms with Crippen LogP contribution in [0.4, 0.5) is 10.3 Å². The van der Waals surface area contributed by atoms with Crippen molar-refractivity contribution in [1.82, 2.24) is 44.4 Å². The van der Waals surface area contributed by atoms with Crippen molar-refractivity contribution in [2.24, 2.45) is 5.92 Å². The Morgan fingerprint density at radius 1 is 0.479 bits per heavy atom. The van der Waals surface area contributed by atoms with Crippen LogP contribution in [0.2, 0.25) is 0 Å². The normalized spacial score (nSPS) is 13.7. The second-order valence-electron chi connectivity index (χ2n) is 26.1. The van der Waals surface area contributed by atoms with Gasteiger partial charge in [0, 0.05) is 171 Å². The number of anilines is 2. The Kier molecular flexibility index (Phi) is 74.8. The topological polar surface area (TPSA) is 290 Å².